The van der Waals surface area contributed by atoms with E-state index in [1.807, 2.05) is 32.9 Å². The van der Waals surface area contributed by atoms with E-state index in [1.165, 1.54) is 12.1 Å². The van der Waals surface area contributed by atoms with Crippen LogP contribution in [0.25, 0.3) is 0 Å². The van der Waals surface area contributed by atoms with Gasteiger partial charge in [-0.25, -0.2) is 0 Å². The first-order valence-corrected chi connectivity index (χ1v) is 6.77. The van der Waals surface area contributed by atoms with Gasteiger partial charge in [-0.1, -0.05) is 12.1 Å². The molecule has 0 aliphatic carbocycles. The molecule has 0 bridgehead atoms. The molecule has 2 unspecified atom stereocenters. The van der Waals surface area contributed by atoms with Gasteiger partial charge in [-0.15, -0.1) is 0 Å². The zero-order valence-electron chi connectivity index (χ0n) is 12.2. The predicted octanol–water partition coefficient (Wildman–Crippen LogP) is 5.02. The lowest BCUT2D eigenvalue weighted by atomic mass is 10.0. The zero-order valence-corrected chi connectivity index (χ0v) is 12.2. The molecule has 114 valence electrons. The number of alkyl halides is 3. The summed E-state index contributed by atoms with van der Waals surface area (Å²) in [6.45, 7) is 5.61. The molecule has 0 aliphatic heterocycles. The predicted molar refractivity (Wildman–Crippen MR) is 74.9 cm³/mol. The first kappa shape index (κ1) is 15.6. The van der Waals surface area contributed by atoms with Crippen molar-refractivity contribution in [2.24, 2.45) is 0 Å². The lowest BCUT2D eigenvalue weighted by Crippen LogP contribution is -2.22. The van der Waals surface area contributed by atoms with Crippen LogP contribution in [0.3, 0.4) is 0 Å². The van der Waals surface area contributed by atoms with Crippen LogP contribution in [0.15, 0.2) is 40.8 Å². The third-order valence-electron chi connectivity index (χ3n) is 3.40. The Balaban J connectivity index is 2.11. The molecule has 2 rings (SSSR count). The number of furan rings is 1. The van der Waals surface area contributed by atoms with E-state index in [0.717, 1.165) is 17.6 Å². The topological polar surface area (TPSA) is 25.2 Å². The van der Waals surface area contributed by atoms with Crippen molar-refractivity contribution in [3.05, 3.63) is 59.0 Å². The van der Waals surface area contributed by atoms with E-state index in [1.54, 1.807) is 6.07 Å². The summed E-state index contributed by atoms with van der Waals surface area (Å²) >= 11 is 0. The van der Waals surface area contributed by atoms with Crippen LogP contribution >= 0.6 is 0 Å². The van der Waals surface area contributed by atoms with Gasteiger partial charge in [0, 0.05) is 6.04 Å². The average Bonchev–Trinajstić information content (AvgIpc) is 2.84. The maximum Gasteiger partial charge on any atom is 0.416 e. The van der Waals surface area contributed by atoms with Crippen molar-refractivity contribution in [1.29, 1.82) is 0 Å². The molecule has 0 aliphatic rings. The standard InChI is InChI=1S/C16H18F3NO/c1-10-7-8-15(21-10)12(3)20-11(2)13-5-4-6-14(9-13)16(17,18)19/h4-9,11-12,20H,1-3H3. The first-order valence-electron chi connectivity index (χ1n) is 6.77. The molecule has 2 nitrogen and oxygen atoms in total. The van der Waals surface area contributed by atoms with Crippen LogP contribution in [0, 0.1) is 6.92 Å². The molecule has 0 radical (unpaired) electrons. The summed E-state index contributed by atoms with van der Waals surface area (Å²) in [7, 11) is 0. The van der Waals surface area contributed by atoms with Gasteiger partial charge in [0.25, 0.3) is 0 Å². The third-order valence-corrected chi connectivity index (χ3v) is 3.40. The van der Waals surface area contributed by atoms with Gasteiger partial charge in [-0.2, -0.15) is 13.2 Å². The minimum Gasteiger partial charge on any atom is -0.465 e. The van der Waals surface area contributed by atoms with Crippen LogP contribution in [0.4, 0.5) is 13.2 Å². The average molecular weight is 297 g/mol. The van der Waals surface area contributed by atoms with Crippen molar-refractivity contribution in [3.63, 3.8) is 0 Å². The molecule has 1 heterocycles. The summed E-state index contributed by atoms with van der Waals surface area (Å²) in [4.78, 5) is 0. The summed E-state index contributed by atoms with van der Waals surface area (Å²) in [5.74, 6) is 1.58. The van der Waals surface area contributed by atoms with Crippen molar-refractivity contribution >= 4 is 0 Å². The molecule has 0 amide bonds. The summed E-state index contributed by atoms with van der Waals surface area (Å²) < 4.78 is 43.7. The van der Waals surface area contributed by atoms with Gasteiger partial charge in [0.05, 0.1) is 11.6 Å². The molecule has 2 atom stereocenters. The lowest BCUT2D eigenvalue weighted by Gasteiger charge is -2.20. The number of rotatable bonds is 4. The van der Waals surface area contributed by atoms with E-state index in [9.17, 15) is 13.2 Å². The molecule has 0 saturated carbocycles. The minimum atomic E-state index is -4.32. The van der Waals surface area contributed by atoms with Gasteiger partial charge < -0.3 is 9.73 Å². The Hall–Kier alpha value is -1.75. The summed E-state index contributed by atoms with van der Waals surface area (Å²) in [5, 5.41) is 3.24. The maximum atomic E-state index is 12.7. The number of hydrogen-bond acceptors (Lipinski definition) is 2. The van der Waals surface area contributed by atoms with Gasteiger partial charge >= 0.3 is 6.18 Å². The lowest BCUT2D eigenvalue weighted by molar-refractivity contribution is -0.137. The van der Waals surface area contributed by atoms with Crippen LogP contribution in [0.2, 0.25) is 0 Å². The van der Waals surface area contributed by atoms with Crippen molar-refractivity contribution in [2.75, 3.05) is 0 Å². The number of aryl methyl sites for hydroxylation is 1. The number of halogens is 3. The number of hydrogen-bond donors (Lipinski definition) is 1. The van der Waals surface area contributed by atoms with Crippen molar-refractivity contribution < 1.29 is 17.6 Å². The molecule has 0 spiro atoms. The van der Waals surface area contributed by atoms with E-state index >= 15 is 0 Å². The molecule has 2 aromatic rings. The monoisotopic (exact) mass is 297 g/mol. The van der Waals surface area contributed by atoms with E-state index in [0.29, 0.717) is 5.56 Å². The highest BCUT2D eigenvalue weighted by molar-refractivity contribution is 5.28. The highest BCUT2D eigenvalue weighted by Gasteiger charge is 2.30. The fraction of sp³-hybridized carbons (Fsp3) is 0.375. The highest BCUT2D eigenvalue weighted by Crippen LogP contribution is 2.31. The Bertz CT molecular complexity index is 604. The molecule has 21 heavy (non-hydrogen) atoms. The molecule has 5 heteroatoms. The SMILES string of the molecule is Cc1ccc(C(C)NC(C)c2cccc(C(F)(F)F)c2)o1. The van der Waals surface area contributed by atoms with Crippen LogP contribution in [0.1, 0.15) is 48.6 Å². The van der Waals surface area contributed by atoms with Crippen molar-refractivity contribution in [2.45, 2.75) is 39.0 Å². The Labute approximate surface area is 122 Å². The van der Waals surface area contributed by atoms with E-state index in [4.69, 9.17) is 4.42 Å². The van der Waals surface area contributed by atoms with Crippen LogP contribution in [-0.2, 0) is 6.18 Å². The fourth-order valence-electron chi connectivity index (χ4n) is 2.22. The Morgan fingerprint density at radius 2 is 1.76 bits per heavy atom. The largest absolute Gasteiger partial charge is 0.465 e. The van der Waals surface area contributed by atoms with Crippen LogP contribution in [0.5, 0.6) is 0 Å². The second-order valence-electron chi connectivity index (χ2n) is 5.18. The van der Waals surface area contributed by atoms with E-state index < -0.39 is 11.7 Å². The summed E-state index contributed by atoms with van der Waals surface area (Å²) in [6, 6.07) is 8.81. The maximum absolute atomic E-state index is 12.7. The molecule has 0 saturated heterocycles. The molecular weight excluding hydrogens is 279 g/mol. The Morgan fingerprint density at radius 3 is 2.33 bits per heavy atom. The normalized spacial score (nSPS) is 15.0. The highest BCUT2D eigenvalue weighted by atomic mass is 19.4. The first-order chi connectivity index (χ1) is 9.77. The smallest absolute Gasteiger partial charge is 0.416 e. The Morgan fingerprint density at radius 1 is 1.05 bits per heavy atom. The van der Waals surface area contributed by atoms with Gasteiger partial charge in [0.2, 0.25) is 0 Å². The zero-order chi connectivity index (χ0) is 15.6. The summed E-state index contributed by atoms with van der Waals surface area (Å²) in [6.07, 6.45) is -4.32. The molecule has 0 fully saturated rings. The van der Waals surface area contributed by atoms with Crippen LogP contribution in [-0.4, -0.2) is 0 Å². The van der Waals surface area contributed by atoms with Gasteiger partial charge in [0.1, 0.15) is 11.5 Å². The molecule has 1 N–H and O–H groups in total. The van der Waals surface area contributed by atoms with E-state index in [2.05, 4.69) is 5.32 Å². The third kappa shape index (κ3) is 3.88. The van der Waals surface area contributed by atoms with Crippen molar-refractivity contribution in [3.8, 4) is 0 Å². The number of benzene rings is 1. The van der Waals surface area contributed by atoms with Gasteiger partial charge in [-0.3, -0.25) is 0 Å². The Kier molecular flexibility index (Phi) is 4.42. The molecule has 1 aromatic carbocycles. The molecular formula is C16H18F3NO. The quantitative estimate of drug-likeness (QED) is 0.857. The fourth-order valence-corrected chi connectivity index (χ4v) is 2.22. The minimum absolute atomic E-state index is 0.0803. The summed E-state index contributed by atoms with van der Waals surface area (Å²) in [5.41, 5.74) is -0.0323. The molecule has 1 aromatic heterocycles. The number of nitrogens with one attached hydrogen (secondary N) is 1. The van der Waals surface area contributed by atoms with Gasteiger partial charge in [0.15, 0.2) is 0 Å². The van der Waals surface area contributed by atoms with Crippen molar-refractivity contribution in [1.82, 2.24) is 5.32 Å². The van der Waals surface area contributed by atoms with E-state index in [-0.39, 0.29) is 12.1 Å². The second-order valence-corrected chi connectivity index (χ2v) is 5.18. The van der Waals surface area contributed by atoms with Gasteiger partial charge in [-0.05, 0) is 50.6 Å². The second kappa shape index (κ2) is 5.93. The van der Waals surface area contributed by atoms with Crippen LogP contribution < -0.4 is 5.32 Å².